The van der Waals surface area contributed by atoms with Crippen LogP contribution in [0.4, 0.5) is 8.78 Å². The minimum absolute atomic E-state index is 0.0555. The first-order valence-electron chi connectivity index (χ1n) is 12.7. The lowest BCUT2D eigenvalue weighted by Gasteiger charge is -2.35. The Bertz CT molecular complexity index is 1030. The van der Waals surface area contributed by atoms with Crippen molar-refractivity contribution in [3.8, 4) is 6.07 Å². The molecule has 2 aliphatic rings. The normalized spacial score (nSPS) is 21.3. The molecule has 0 aliphatic carbocycles. The summed E-state index contributed by atoms with van der Waals surface area (Å²) in [6, 6.07) is 10.4. The lowest BCUT2D eigenvalue weighted by atomic mass is 9.79. The third kappa shape index (κ3) is 8.09. The Balaban J connectivity index is 1.62. The Kier molecular flexibility index (Phi) is 9.45. The summed E-state index contributed by atoms with van der Waals surface area (Å²) in [5.41, 5.74) is -0.225. The number of hydrogen-bond donors (Lipinski definition) is 3. The van der Waals surface area contributed by atoms with Crippen LogP contribution in [0, 0.1) is 17.2 Å². The van der Waals surface area contributed by atoms with Gasteiger partial charge in [-0.3, -0.25) is 14.5 Å². The smallest absolute Gasteiger partial charge is 0.427 e. The maximum absolute atomic E-state index is 13.7. The van der Waals surface area contributed by atoms with Gasteiger partial charge >= 0.3 is 7.12 Å². The topological polar surface area (TPSA) is 117 Å². The minimum Gasteiger partial charge on any atom is -0.427 e. The van der Waals surface area contributed by atoms with Crippen molar-refractivity contribution in [3.05, 3.63) is 47.5 Å². The molecule has 0 spiro atoms. The second-order valence-electron chi connectivity index (χ2n) is 10.6. The largest absolute Gasteiger partial charge is 0.453 e. The zero-order chi connectivity index (χ0) is 27.2. The van der Waals surface area contributed by atoms with E-state index in [4.69, 9.17) is 0 Å². The van der Waals surface area contributed by atoms with Gasteiger partial charge in [0.05, 0.1) is 12.6 Å². The van der Waals surface area contributed by atoms with Crippen molar-refractivity contribution in [3.63, 3.8) is 0 Å². The van der Waals surface area contributed by atoms with Gasteiger partial charge in [-0.25, -0.2) is 8.78 Å². The highest BCUT2D eigenvalue weighted by atomic mass is 19.3. The molecule has 2 amide bonds. The van der Waals surface area contributed by atoms with Crippen molar-refractivity contribution in [2.75, 3.05) is 26.2 Å². The molecule has 2 saturated heterocycles. The Morgan fingerprint density at radius 3 is 2.59 bits per heavy atom. The van der Waals surface area contributed by atoms with Crippen molar-refractivity contribution in [2.45, 2.75) is 63.4 Å². The molecule has 200 valence electrons. The number of alkyl halides is 2. The van der Waals surface area contributed by atoms with Gasteiger partial charge in [-0.1, -0.05) is 30.3 Å². The number of nitrogens with one attached hydrogen (secondary N) is 1. The number of halogens is 2. The fraction of sp³-hybridized carbons (Fsp3) is 0.577. The van der Waals surface area contributed by atoms with Crippen LogP contribution in [0.3, 0.4) is 0 Å². The molecule has 11 heteroatoms. The zero-order valence-corrected chi connectivity index (χ0v) is 21.4. The van der Waals surface area contributed by atoms with Gasteiger partial charge in [-0.2, -0.15) is 5.26 Å². The van der Waals surface area contributed by atoms with Gasteiger partial charge in [0.2, 0.25) is 5.91 Å². The molecule has 8 nitrogen and oxygen atoms in total. The predicted octanol–water partition coefficient (Wildman–Crippen LogP) is 2.51. The van der Waals surface area contributed by atoms with E-state index in [0.29, 0.717) is 19.5 Å². The highest BCUT2D eigenvalue weighted by Crippen LogP contribution is 2.33. The van der Waals surface area contributed by atoms with Crippen LogP contribution < -0.4 is 5.32 Å². The van der Waals surface area contributed by atoms with E-state index in [9.17, 15) is 33.7 Å². The summed E-state index contributed by atoms with van der Waals surface area (Å²) in [7, 11) is -1.58. The molecule has 0 aromatic heterocycles. The van der Waals surface area contributed by atoms with E-state index in [1.54, 1.807) is 47.9 Å². The predicted molar refractivity (Wildman–Crippen MR) is 135 cm³/mol. The number of amides is 2. The summed E-state index contributed by atoms with van der Waals surface area (Å²) in [5.74, 6) is -3.63. The fourth-order valence-electron chi connectivity index (χ4n) is 5.09. The van der Waals surface area contributed by atoms with Crippen LogP contribution in [0.25, 0.3) is 0 Å². The van der Waals surface area contributed by atoms with Crippen molar-refractivity contribution in [1.82, 2.24) is 15.1 Å². The van der Waals surface area contributed by atoms with E-state index in [0.717, 1.165) is 12.0 Å². The number of likely N-dealkylation sites (tertiary alicyclic amines) is 2. The molecule has 0 bridgehead atoms. The van der Waals surface area contributed by atoms with Crippen LogP contribution in [0.15, 0.2) is 42.0 Å². The number of piperidine rings is 1. The maximum Gasteiger partial charge on any atom is 0.453 e. The number of nitriles is 1. The van der Waals surface area contributed by atoms with Gasteiger partial charge in [0.15, 0.2) is 0 Å². The van der Waals surface area contributed by atoms with Crippen LogP contribution >= 0.6 is 0 Å². The van der Waals surface area contributed by atoms with Gasteiger partial charge in [0, 0.05) is 44.3 Å². The molecule has 37 heavy (non-hydrogen) atoms. The molecule has 2 heterocycles. The molecule has 3 N–H and O–H groups in total. The monoisotopic (exact) mass is 516 g/mol. The number of carbonyl (C=O) groups is 2. The van der Waals surface area contributed by atoms with Gasteiger partial charge < -0.3 is 20.3 Å². The van der Waals surface area contributed by atoms with E-state index in [2.05, 4.69) is 5.32 Å². The maximum atomic E-state index is 13.7. The van der Waals surface area contributed by atoms with Crippen molar-refractivity contribution in [2.24, 2.45) is 5.92 Å². The second-order valence-corrected chi connectivity index (χ2v) is 10.6. The standard InChI is InChI=1S/C26H35BF2N4O4/c1-25(2,33-12-10-26(28,29)18-33)14-21(16-30)24(35)32-11-6-7-19(17-32)13-23(34)31-22(15-27(36)37)20-8-4-3-5-9-20/h3-5,8-9,14,19,22,36-37H,6-7,10-13,15,17-18H2,1-2H3,(H,31,34)/t19-,22-/m1/s1. The van der Waals surface area contributed by atoms with E-state index < -0.39 is 37.1 Å². The van der Waals surface area contributed by atoms with E-state index in [1.807, 2.05) is 12.1 Å². The SMILES string of the molecule is CC(C)(C=C(C#N)C(=O)N1CCC[C@H](CC(=O)N[C@H](CB(O)O)c2ccccc2)C1)N1CCC(F)(F)C1. The first kappa shape index (κ1) is 28.8. The lowest BCUT2D eigenvalue weighted by Crippen LogP contribution is -2.45. The van der Waals surface area contributed by atoms with Crippen LogP contribution in [-0.2, 0) is 9.59 Å². The zero-order valence-electron chi connectivity index (χ0n) is 21.4. The molecule has 1 aromatic rings. The number of rotatable bonds is 9. The first-order valence-corrected chi connectivity index (χ1v) is 12.7. The molecule has 2 aliphatic heterocycles. The average molecular weight is 516 g/mol. The third-order valence-corrected chi connectivity index (χ3v) is 7.10. The molecule has 0 radical (unpaired) electrons. The van der Waals surface area contributed by atoms with Gasteiger partial charge in [0.1, 0.15) is 11.6 Å². The Morgan fingerprint density at radius 2 is 2.00 bits per heavy atom. The number of benzene rings is 1. The summed E-state index contributed by atoms with van der Waals surface area (Å²) in [4.78, 5) is 29.1. The summed E-state index contributed by atoms with van der Waals surface area (Å²) in [6.45, 7) is 3.94. The Hall–Kier alpha value is -2.81. The second kappa shape index (κ2) is 12.2. The van der Waals surface area contributed by atoms with Gasteiger partial charge in [-0.15, -0.1) is 0 Å². The van der Waals surface area contributed by atoms with Crippen molar-refractivity contribution >= 4 is 18.9 Å². The van der Waals surface area contributed by atoms with Crippen LogP contribution in [0.2, 0.25) is 6.32 Å². The van der Waals surface area contributed by atoms with E-state index in [1.165, 1.54) is 6.08 Å². The summed E-state index contributed by atoms with van der Waals surface area (Å²) in [5, 5.41) is 31.5. The van der Waals surface area contributed by atoms with Crippen LogP contribution in [-0.4, -0.2) is 76.4 Å². The van der Waals surface area contributed by atoms with Gasteiger partial charge in [0.25, 0.3) is 11.8 Å². The van der Waals surface area contributed by atoms with E-state index in [-0.39, 0.29) is 43.1 Å². The molecule has 3 rings (SSSR count). The molecule has 1 aromatic carbocycles. The third-order valence-electron chi connectivity index (χ3n) is 7.10. The fourth-order valence-corrected chi connectivity index (χ4v) is 5.09. The van der Waals surface area contributed by atoms with Gasteiger partial charge in [-0.05, 0) is 44.2 Å². The highest BCUT2D eigenvalue weighted by Gasteiger charge is 2.43. The van der Waals surface area contributed by atoms with Crippen molar-refractivity contribution < 1.29 is 28.4 Å². The lowest BCUT2D eigenvalue weighted by molar-refractivity contribution is -0.130. The molecular weight excluding hydrogens is 481 g/mol. The van der Waals surface area contributed by atoms with Crippen LogP contribution in [0.5, 0.6) is 0 Å². The first-order chi connectivity index (χ1) is 17.4. The summed E-state index contributed by atoms with van der Waals surface area (Å²) >= 11 is 0. The minimum atomic E-state index is -2.78. The quantitative estimate of drug-likeness (QED) is 0.264. The Morgan fingerprint density at radius 1 is 1.30 bits per heavy atom. The Labute approximate surface area is 217 Å². The molecule has 0 unspecified atom stereocenters. The summed E-state index contributed by atoms with van der Waals surface area (Å²) < 4.78 is 27.4. The average Bonchev–Trinajstić information content (AvgIpc) is 3.22. The van der Waals surface area contributed by atoms with E-state index >= 15 is 0 Å². The summed E-state index contributed by atoms with van der Waals surface area (Å²) in [6.07, 6.45) is 2.71. The van der Waals surface area contributed by atoms with Crippen LogP contribution in [0.1, 0.15) is 51.1 Å². The molecule has 0 saturated carbocycles. The number of carbonyl (C=O) groups excluding carboxylic acids is 2. The number of nitrogens with zero attached hydrogens (tertiary/aromatic N) is 3. The molecule has 2 atom stereocenters. The molecular formula is C26H35BF2N4O4. The van der Waals surface area contributed by atoms with Crippen molar-refractivity contribution in [1.29, 1.82) is 5.26 Å². The number of hydrogen-bond acceptors (Lipinski definition) is 6. The molecule has 2 fully saturated rings. The highest BCUT2D eigenvalue weighted by molar-refractivity contribution is 6.41.